The molecule has 0 fully saturated rings. The van der Waals surface area contributed by atoms with Gasteiger partial charge in [0.2, 0.25) is 5.78 Å². The van der Waals surface area contributed by atoms with Gasteiger partial charge in [0.1, 0.15) is 22.9 Å². The van der Waals surface area contributed by atoms with E-state index in [-0.39, 0.29) is 17.2 Å². The fraction of sp³-hybridized carbons (Fsp3) is 0.167. The van der Waals surface area contributed by atoms with Crippen LogP contribution in [-0.2, 0) is 15.2 Å². The quantitative estimate of drug-likeness (QED) is 0.188. The molecule has 9 heteroatoms. The highest BCUT2D eigenvalue weighted by atomic mass is 35.5. The van der Waals surface area contributed by atoms with Gasteiger partial charge >= 0.3 is 0 Å². The number of carbonyl (C=O) groups excluding carboxylic acids is 1. The van der Waals surface area contributed by atoms with Gasteiger partial charge in [0.25, 0.3) is 0 Å². The van der Waals surface area contributed by atoms with Gasteiger partial charge in [0, 0.05) is 33.9 Å². The SMILES string of the molecule is CC(C)C[SH+](=O)Nc1ccc(F)c(C(=O)c2c[nH]c3ncc(-c4ccc(Cl)cc4)cc23)c1F. The van der Waals surface area contributed by atoms with Gasteiger partial charge in [-0.25, -0.2) is 18.5 Å². The van der Waals surface area contributed by atoms with Crippen LogP contribution in [0.5, 0.6) is 0 Å². The van der Waals surface area contributed by atoms with Gasteiger partial charge in [-0.15, -0.1) is 0 Å². The van der Waals surface area contributed by atoms with E-state index in [0.29, 0.717) is 21.8 Å². The van der Waals surface area contributed by atoms with E-state index in [1.807, 2.05) is 26.0 Å². The second-order valence-electron chi connectivity index (χ2n) is 8.01. The molecule has 2 heterocycles. The molecule has 1 unspecified atom stereocenters. The van der Waals surface area contributed by atoms with Crippen molar-refractivity contribution in [2.75, 3.05) is 10.5 Å². The number of aromatic amines is 1. The topological polar surface area (TPSA) is 74.8 Å². The number of halogens is 3. The van der Waals surface area contributed by atoms with E-state index >= 15 is 4.39 Å². The Bertz CT molecular complexity index is 1370. The smallest absolute Gasteiger partial charge is 0.201 e. The number of rotatable bonds is 7. The zero-order valence-corrected chi connectivity index (χ0v) is 19.5. The van der Waals surface area contributed by atoms with E-state index in [0.717, 1.165) is 23.3 Å². The summed E-state index contributed by atoms with van der Waals surface area (Å²) in [6.45, 7) is 3.77. The molecule has 0 aliphatic rings. The number of thiol groups is 1. The fourth-order valence-corrected chi connectivity index (χ4v) is 4.81. The van der Waals surface area contributed by atoms with Crippen molar-refractivity contribution in [3.63, 3.8) is 0 Å². The summed E-state index contributed by atoms with van der Waals surface area (Å²) in [7, 11) is -1.96. The predicted molar refractivity (Wildman–Crippen MR) is 129 cm³/mol. The Labute approximate surface area is 196 Å². The van der Waals surface area contributed by atoms with Gasteiger partial charge in [-0.3, -0.25) is 4.79 Å². The molecule has 0 aliphatic carbocycles. The third-order valence-corrected chi connectivity index (χ3v) is 6.85. The summed E-state index contributed by atoms with van der Waals surface area (Å²) in [5.41, 5.74) is 1.13. The maximum atomic E-state index is 15.2. The molecule has 0 aliphatic heterocycles. The van der Waals surface area contributed by atoms with Crippen LogP contribution in [0.15, 0.2) is 54.9 Å². The van der Waals surface area contributed by atoms with Gasteiger partial charge in [-0.05, 0) is 41.8 Å². The van der Waals surface area contributed by atoms with Crippen molar-refractivity contribution in [1.29, 1.82) is 0 Å². The number of H-pyrrole nitrogens is 1. The summed E-state index contributed by atoms with van der Waals surface area (Å²) in [6.07, 6.45) is 3.01. The van der Waals surface area contributed by atoms with Crippen molar-refractivity contribution in [3.05, 3.63) is 82.6 Å². The number of nitrogens with zero attached hydrogens (tertiary/aromatic N) is 1. The lowest BCUT2D eigenvalue weighted by atomic mass is 10.00. The van der Waals surface area contributed by atoms with Crippen LogP contribution in [0.4, 0.5) is 14.5 Å². The first-order chi connectivity index (χ1) is 15.7. The van der Waals surface area contributed by atoms with Crippen molar-refractivity contribution >= 4 is 45.1 Å². The Morgan fingerprint density at radius 2 is 1.88 bits per heavy atom. The van der Waals surface area contributed by atoms with Gasteiger partial charge < -0.3 is 4.98 Å². The minimum absolute atomic E-state index is 0.0785. The Kier molecular flexibility index (Phi) is 6.58. The first-order valence-corrected chi connectivity index (χ1v) is 12.0. The maximum Gasteiger partial charge on any atom is 0.201 e. The number of hydrogen-bond acceptors (Lipinski definition) is 3. The molecule has 33 heavy (non-hydrogen) atoms. The molecule has 2 N–H and O–H groups in total. The Hall–Kier alpha value is -3.10. The normalized spacial score (nSPS) is 12.3. The van der Waals surface area contributed by atoms with E-state index in [1.165, 1.54) is 6.20 Å². The molecule has 0 saturated heterocycles. The molecule has 5 nitrogen and oxygen atoms in total. The van der Waals surface area contributed by atoms with Gasteiger partial charge in [0.05, 0.1) is 5.56 Å². The Balaban J connectivity index is 1.74. The number of anilines is 1. The first kappa shape index (κ1) is 23.1. The van der Waals surface area contributed by atoms with Crippen molar-refractivity contribution in [1.82, 2.24) is 9.97 Å². The molecular weight excluding hydrogens is 468 g/mol. The van der Waals surface area contributed by atoms with E-state index < -0.39 is 34.0 Å². The molecule has 170 valence electrons. The maximum absolute atomic E-state index is 15.2. The van der Waals surface area contributed by atoms with Gasteiger partial charge in [0.15, 0.2) is 16.8 Å². The zero-order chi connectivity index (χ0) is 23.7. The third-order valence-electron chi connectivity index (χ3n) is 5.05. The Morgan fingerprint density at radius 3 is 2.58 bits per heavy atom. The number of hydrogen-bond donors (Lipinski definition) is 2. The third kappa shape index (κ3) is 4.82. The molecule has 0 saturated carbocycles. The highest BCUT2D eigenvalue weighted by Crippen LogP contribution is 2.30. The molecule has 0 radical (unpaired) electrons. The minimum atomic E-state index is -1.96. The summed E-state index contributed by atoms with van der Waals surface area (Å²) in [5.74, 6) is -2.48. The van der Waals surface area contributed by atoms with Crippen LogP contribution in [0.2, 0.25) is 5.02 Å². The molecule has 1 atom stereocenters. The molecule has 4 rings (SSSR count). The minimum Gasteiger partial charge on any atom is -0.345 e. The van der Waals surface area contributed by atoms with E-state index in [4.69, 9.17) is 11.6 Å². The van der Waals surface area contributed by atoms with E-state index in [1.54, 1.807) is 24.4 Å². The van der Waals surface area contributed by atoms with Gasteiger partial charge in [-0.1, -0.05) is 41.8 Å². The number of ketones is 1. The number of fused-ring (bicyclic) bond motifs is 1. The highest BCUT2D eigenvalue weighted by Gasteiger charge is 2.26. The summed E-state index contributed by atoms with van der Waals surface area (Å²) < 4.78 is 44.5. The lowest BCUT2D eigenvalue weighted by Gasteiger charge is -2.09. The number of aromatic nitrogens is 2. The standard InChI is InChI=1S/C24H20ClF2N3O2S/c1-13(2)12-33(32)30-20-8-7-19(26)21(22(20)27)23(31)18-11-29-24-17(18)9-15(10-28-24)14-3-5-16(25)6-4-14/h3-11,13H,12H2,1-2H3,(H,28,29)(H,30,32)/p+1. The molecule has 0 bridgehead atoms. The molecule has 2 aromatic carbocycles. The number of carbonyl (C=O) groups is 1. The summed E-state index contributed by atoms with van der Waals surface area (Å²) >= 11 is 5.95. The van der Waals surface area contributed by atoms with Crippen LogP contribution >= 0.6 is 11.6 Å². The van der Waals surface area contributed by atoms with Crippen LogP contribution in [0.1, 0.15) is 29.8 Å². The summed E-state index contributed by atoms with van der Waals surface area (Å²) in [4.78, 5) is 20.4. The van der Waals surface area contributed by atoms with E-state index in [2.05, 4.69) is 14.7 Å². The molecule has 0 amide bonds. The molecule has 0 spiro atoms. The molecular formula is C24H21ClF2N3O2S+. The second-order valence-corrected chi connectivity index (χ2v) is 9.79. The van der Waals surface area contributed by atoms with Crippen molar-refractivity contribution in [3.8, 4) is 11.1 Å². The molecule has 4 aromatic rings. The summed E-state index contributed by atoms with van der Waals surface area (Å²) in [6, 6.07) is 11.0. The summed E-state index contributed by atoms with van der Waals surface area (Å²) in [5, 5.41) is 1.01. The monoisotopic (exact) mass is 488 g/mol. The van der Waals surface area contributed by atoms with Crippen LogP contribution in [-0.4, -0.2) is 21.5 Å². The Morgan fingerprint density at radius 1 is 1.15 bits per heavy atom. The predicted octanol–water partition coefficient (Wildman–Crippen LogP) is 6.07. The van der Waals surface area contributed by atoms with Crippen LogP contribution in [0, 0.1) is 17.6 Å². The average molecular weight is 489 g/mol. The zero-order valence-electron chi connectivity index (χ0n) is 17.8. The van der Waals surface area contributed by atoms with E-state index in [9.17, 15) is 13.4 Å². The first-order valence-electron chi connectivity index (χ1n) is 10.2. The lowest BCUT2D eigenvalue weighted by molar-refractivity contribution is 0.103. The fourth-order valence-electron chi connectivity index (χ4n) is 3.48. The van der Waals surface area contributed by atoms with Crippen molar-refractivity contribution in [2.24, 2.45) is 5.92 Å². The highest BCUT2D eigenvalue weighted by molar-refractivity contribution is 7.86. The lowest BCUT2D eigenvalue weighted by Crippen LogP contribution is -2.15. The number of nitrogens with one attached hydrogen (secondary N) is 2. The molecule has 2 aromatic heterocycles. The second kappa shape index (κ2) is 9.41. The largest absolute Gasteiger partial charge is 0.345 e. The van der Waals surface area contributed by atoms with Crippen molar-refractivity contribution in [2.45, 2.75) is 13.8 Å². The average Bonchev–Trinajstić information content (AvgIpc) is 3.19. The van der Waals surface area contributed by atoms with Crippen LogP contribution < -0.4 is 4.72 Å². The van der Waals surface area contributed by atoms with Crippen molar-refractivity contribution < 1.29 is 17.8 Å². The number of benzene rings is 2. The number of pyridine rings is 1. The van der Waals surface area contributed by atoms with Crippen LogP contribution in [0.25, 0.3) is 22.2 Å². The van der Waals surface area contributed by atoms with Gasteiger partial charge in [-0.2, -0.15) is 0 Å². The van der Waals surface area contributed by atoms with Crippen LogP contribution in [0.3, 0.4) is 0 Å².